The topological polar surface area (TPSA) is 50.1 Å². The monoisotopic (exact) mass is 345 g/mol. The van der Waals surface area contributed by atoms with Gasteiger partial charge in [0.2, 0.25) is 0 Å². The van der Waals surface area contributed by atoms with Crippen LogP contribution in [0.1, 0.15) is 28.4 Å². The van der Waals surface area contributed by atoms with Gasteiger partial charge in [-0.1, -0.05) is 15.9 Å². The smallest absolute Gasteiger partial charge is 0.339 e. The van der Waals surface area contributed by atoms with E-state index in [1.165, 1.54) is 0 Å². The Morgan fingerprint density at radius 3 is 2.75 bits per heavy atom. The number of benzene rings is 1. The second-order valence-corrected chi connectivity index (χ2v) is 4.38. The highest BCUT2D eigenvalue weighted by molar-refractivity contribution is 9.10. The summed E-state index contributed by atoms with van der Waals surface area (Å²) < 4.78 is 5.51. The van der Waals surface area contributed by atoms with E-state index in [0.717, 1.165) is 5.56 Å². The van der Waals surface area contributed by atoms with E-state index in [-0.39, 0.29) is 0 Å². The molecule has 0 spiro atoms. The van der Waals surface area contributed by atoms with Crippen molar-refractivity contribution in [1.82, 2.24) is 0 Å². The van der Waals surface area contributed by atoms with Gasteiger partial charge in [-0.15, -0.1) is 0 Å². The molecule has 0 atom stereocenters. The summed E-state index contributed by atoms with van der Waals surface area (Å²) in [5, 5.41) is 9.60. The first kappa shape index (κ1) is 13.2. The van der Waals surface area contributed by atoms with Crippen molar-refractivity contribution in [3.05, 3.63) is 33.3 Å². The number of ether oxygens (including phenoxy) is 1. The molecule has 0 aliphatic carbocycles. The van der Waals surface area contributed by atoms with Gasteiger partial charge in [0.05, 0.1) is 17.7 Å². The van der Waals surface area contributed by atoms with E-state index in [1.807, 2.05) is 6.07 Å². The number of nitrogens with zero attached hydrogens (tertiary/aromatic N) is 1. The van der Waals surface area contributed by atoms with Crippen LogP contribution in [0.15, 0.2) is 16.6 Å². The Labute approximate surface area is 111 Å². The Hall–Kier alpha value is -0.860. The Morgan fingerprint density at radius 1 is 1.56 bits per heavy atom. The molecule has 0 bridgehead atoms. The SMILES string of the molecule is CCOC(=O)c1cc(CBr)cc(Br)c1C#N. The summed E-state index contributed by atoms with van der Waals surface area (Å²) in [6.07, 6.45) is 0. The first-order valence-corrected chi connectivity index (χ1v) is 6.51. The lowest BCUT2D eigenvalue weighted by molar-refractivity contribution is 0.0526. The largest absolute Gasteiger partial charge is 0.462 e. The fraction of sp³-hybridized carbons (Fsp3) is 0.273. The van der Waals surface area contributed by atoms with Crippen LogP contribution in [0.3, 0.4) is 0 Å². The molecule has 3 nitrogen and oxygen atoms in total. The van der Waals surface area contributed by atoms with Crippen molar-refractivity contribution < 1.29 is 9.53 Å². The molecule has 0 aliphatic rings. The Balaban J connectivity index is 3.29. The van der Waals surface area contributed by atoms with Crippen LogP contribution in [-0.4, -0.2) is 12.6 Å². The van der Waals surface area contributed by atoms with Crippen molar-refractivity contribution in [2.45, 2.75) is 12.3 Å². The van der Waals surface area contributed by atoms with Crippen molar-refractivity contribution in [2.75, 3.05) is 6.61 Å². The van der Waals surface area contributed by atoms with Gasteiger partial charge in [-0.2, -0.15) is 5.26 Å². The van der Waals surface area contributed by atoms with Crippen molar-refractivity contribution in [3.8, 4) is 6.07 Å². The minimum absolute atomic E-state index is 0.292. The zero-order chi connectivity index (χ0) is 12.1. The van der Waals surface area contributed by atoms with Gasteiger partial charge in [-0.25, -0.2) is 4.79 Å². The number of halogens is 2. The second kappa shape index (κ2) is 6.02. The summed E-state index contributed by atoms with van der Waals surface area (Å²) in [4.78, 5) is 11.6. The Kier molecular flexibility index (Phi) is 4.97. The molecule has 0 N–H and O–H groups in total. The molecule has 84 valence electrons. The summed E-state index contributed by atoms with van der Waals surface area (Å²) in [5.74, 6) is -0.470. The molecule has 0 radical (unpaired) electrons. The molecule has 0 unspecified atom stereocenters. The molecule has 0 aromatic heterocycles. The number of esters is 1. The second-order valence-electron chi connectivity index (χ2n) is 2.97. The Morgan fingerprint density at radius 2 is 2.25 bits per heavy atom. The third kappa shape index (κ3) is 2.83. The number of carbonyl (C=O) groups is 1. The van der Waals surface area contributed by atoms with E-state index in [2.05, 4.69) is 31.9 Å². The minimum Gasteiger partial charge on any atom is -0.462 e. The lowest BCUT2D eigenvalue weighted by atomic mass is 10.1. The lowest BCUT2D eigenvalue weighted by Crippen LogP contribution is -2.08. The molecule has 5 heteroatoms. The highest BCUT2D eigenvalue weighted by Gasteiger charge is 2.16. The van der Waals surface area contributed by atoms with E-state index in [4.69, 9.17) is 10.00 Å². The third-order valence-electron chi connectivity index (χ3n) is 1.91. The molecule has 0 fully saturated rings. The third-order valence-corrected chi connectivity index (χ3v) is 3.18. The van der Waals surface area contributed by atoms with Crippen LogP contribution in [0.25, 0.3) is 0 Å². The van der Waals surface area contributed by atoms with Gasteiger partial charge in [-0.05, 0) is 40.5 Å². The van der Waals surface area contributed by atoms with Crippen molar-refractivity contribution in [1.29, 1.82) is 5.26 Å². The normalized spacial score (nSPS) is 9.62. The number of rotatable bonds is 3. The maximum atomic E-state index is 11.6. The summed E-state index contributed by atoms with van der Waals surface area (Å²) in [7, 11) is 0. The number of hydrogen-bond donors (Lipinski definition) is 0. The minimum atomic E-state index is -0.470. The summed E-state index contributed by atoms with van der Waals surface area (Å²) >= 11 is 6.57. The molecule has 0 saturated heterocycles. The molecule has 0 aliphatic heterocycles. The first-order valence-electron chi connectivity index (χ1n) is 4.59. The number of nitriles is 1. The van der Waals surface area contributed by atoms with E-state index in [9.17, 15) is 4.79 Å². The molecule has 0 saturated carbocycles. The zero-order valence-corrected chi connectivity index (χ0v) is 11.8. The average molecular weight is 347 g/mol. The number of alkyl halides is 1. The highest BCUT2D eigenvalue weighted by Crippen LogP contribution is 2.24. The van der Waals surface area contributed by atoms with Crippen molar-refractivity contribution in [3.63, 3.8) is 0 Å². The van der Waals surface area contributed by atoms with Gasteiger partial charge in [0.25, 0.3) is 0 Å². The summed E-state index contributed by atoms with van der Waals surface area (Å²) in [6, 6.07) is 5.46. The van der Waals surface area contributed by atoms with Crippen LogP contribution in [-0.2, 0) is 10.1 Å². The molecular formula is C11H9Br2NO2. The van der Waals surface area contributed by atoms with E-state index < -0.39 is 5.97 Å². The van der Waals surface area contributed by atoms with Gasteiger partial charge in [0, 0.05) is 9.80 Å². The Bertz CT molecular complexity index is 452. The van der Waals surface area contributed by atoms with Gasteiger partial charge in [0.15, 0.2) is 0 Å². The van der Waals surface area contributed by atoms with Gasteiger partial charge in [-0.3, -0.25) is 0 Å². The van der Waals surface area contributed by atoms with Crippen LogP contribution in [0.4, 0.5) is 0 Å². The maximum absolute atomic E-state index is 11.6. The van der Waals surface area contributed by atoms with Gasteiger partial charge in [0.1, 0.15) is 6.07 Å². The standard InChI is InChI=1S/C11H9Br2NO2/c1-2-16-11(15)8-3-7(5-12)4-10(13)9(8)6-14/h3-4H,2,5H2,1H3. The number of hydrogen-bond acceptors (Lipinski definition) is 3. The zero-order valence-electron chi connectivity index (χ0n) is 8.59. The average Bonchev–Trinajstić information content (AvgIpc) is 2.28. The van der Waals surface area contributed by atoms with E-state index in [0.29, 0.717) is 27.5 Å². The summed E-state index contributed by atoms with van der Waals surface area (Å²) in [5.41, 5.74) is 1.52. The molecule has 1 aromatic carbocycles. The summed E-state index contributed by atoms with van der Waals surface area (Å²) in [6.45, 7) is 2.02. The molecule has 1 aromatic rings. The van der Waals surface area contributed by atoms with Crippen LogP contribution in [0.2, 0.25) is 0 Å². The van der Waals surface area contributed by atoms with Crippen LogP contribution >= 0.6 is 31.9 Å². The molecular weight excluding hydrogens is 338 g/mol. The van der Waals surface area contributed by atoms with E-state index in [1.54, 1.807) is 19.1 Å². The van der Waals surface area contributed by atoms with Gasteiger partial charge < -0.3 is 4.74 Å². The van der Waals surface area contributed by atoms with Crippen LogP contribution in [0, 0.1) is 11.3 Å². The van der Waals surface area contributed by atoms with Crippen LogP contribution in [0.5, 0.6) is 0 Å². The predicted octanol–water partition coefficient (Wildman–Crippen LogP) is 3.39. The first-order chi connectivity index (χ1) is 7.63. The highest BCUT2D eigenvalue weighted by atomic mass is 79.9. The number of carbonyl (C=O) groups excluding carboxylic acids is 1. The lowest BCUT2D eigenvalue weighted by Gasteiger charge is -2.07. The predicted molar refractivity (Wildman–Crippen MR) is 67.4 cm³/mol. The van der Waals surface area contributed by atoms with E-state index >= 15 is 0 Å². The molecule has 0 amide bonds. The molecule has 0 heterocycles. The fourth-order valence-corrected chi connectivity index (χ4v) is 2.14. The quantitative estimate of drug-likeness (QED) is 0.622. The maximum Gasteiger partial charge on any atom is 0.339 e. The molecule has 1 rings (SSSR count). The van der Waals surface area contributed by atoms with Crippen molar-refractivity contribution >= 4 is 37.8 Å². The van der Waals surface area contributed by atoms with Gasteiger partial charge >= 0.3 is 5.97 Å². The van der Waals surface area contributed by atoms with Crippen molar-refractivity contribution in [2.24, 2.45) is 0 Å². The fourth-order valence-electron chi connectivity index (χ4n) is 1.22. The molecule has 16 heavy (non-hydrogen) atoms. The van der Waals surface area contributed by atoms with Crippen LogP contribution < -0.4 is 0 Å².